The molecule has 1 saturated heterocycles. The first-order valence-electron chi connectivity index (χ1n) is 11.6. The number of piperidine rings is 1. The maximum Gasteiger partial charge on any atom is 0.331 e. The Balaban J connectivity index is 2.22. The molecule has 7 heteroatoms. The van der Waals surface area contributed by atoms with Gasteiger partial charge in [0.05, 0.1) is 12.1 Å². The zero-order valence-electron chi connectivity index (χ0n) is 20.3. The van der Waals surface area contributed by atoms with Crippen LogP contribution in [0.4, 0.5) is 0 Å². The number of aliphatic carboxylic acids is 1. The Bertz CT molecular complexity index is 706. The standard InChI is InChI=1S/C24H41N3O4/c1-15(2)19(14-16(3)23(30)31)26(7)22(29)20(24(4,5)6)25-21(28)18-10-8-9-13-27(18)17-11-12-17/h14-15,17-20H,8-13H2,1-7H3,(H,25,28)(H,30,31)/b16-14+/t18?,19-,20-/m1/s1. The van der Waals surface area contributed by atoms with Gasteiger partial charge in [-0.2, -0.15) is 0 Å². The first kappa shape index (κ1) is 25.4. The molecule has 176 valence electrons. The number of carboxylic acid groups (broad SMARTS) is 1. The smallest absolute Gasteiger partial charge is 0.331 e. The number of nitrogens with one attached hydrogen (secondary N) is 1. The lowest BCUT2D eigenvalue weighted by molar-refractivity contribution is -0.142. The molecule has 1 unspecified atom stereocenters. The van der Waals surface area contributed by atoms with Crippen LogP contribution < -0.4 is 5.32 Å². The summed E-state index contributed by atoms with van der Waals surface area (Å²) in [5.41, 5.74) is -0.273. The van der Waals surface area contributed by atoms with E-state index in [0.717, 1.165) is 38.6 Å². The van der Waals surface area contributed by atoms with E-state index >= 15 is 0 Å². The Morgan fingerprint density at radius 2 is 1.74 bits per heavy atom. The number of carbonyl (C=O) groups is 3. The van der Waals surface area contributed by atoms with Crippen LogP contribution in [0.25, 0.3) is 0 Å². The number of rotatable bonds is 8. The molecule has 0 radical (unpaired) electrons. The van der Waals surface area contributed by atoms with Crippen LogP contribution in [0.1, 0.15) is 73.6 Å². The minimum absolute atomic E-state index is 0.0308. The van der Waals surface area contributed by atoms with E-state index in [4.69, 9.17) is 0 Å². The summed E-state index contributed by atoms with van der Waals surface area (Å²) in [5.74, 6) is -1.22. The Morgan fingerprint density at radius 1 is 1.13 bits per heavy atom. The van der Waals surface area contributed by atoms with Crippen LogP contribution in [0.15, 0.2) is 11.6 Å². The number of carboxylic acids is 1. The average Bonchev–Trinajstić information content (AvgIpc) is 3.52. The molecule has 0 bridgehead atoms. The van der Waals surface area contributed by atoms with Gasteiger partial charge < -0.3 is 15.3 Å². The molecular formula is C24H41N3O4. The molecule has 1 aliphatic carbocycles. The van der Waals surface area contributed by atoms with Crippen LogP contribution in [0, 0.1) is 11.3 Å². The third kappa shape index (κ3) is 6.55. The Morgan fingerprint density at radius 3 is 2.23 bits per heavy atom. The molecule has 0 aromatic carbocycles. The molecule has 3 atom stereocenters. The highest BCUT2D eigenvalue weighted by molar-refractivity contribution is 5.91. The lowest BCUT2D eigenvalue weighted by Gasteiger charge is -2.40. The van der Waals surface area contributed by atoms with Gasteiger partial charge in [0.25, 0.3) is 0 Å². The van der Waals surface area contributed by atoms with E-state index in [1.807, 2.05) is 34.6 Å². The lowest BCUT2D eigenvalue weighted by Crippen LogP contribution is -2.60. The predicted molar refractivity (Wildman–Crippen MR) is 122 cm³/mol. The van der Waals surface area contributed by atoms with E-state index in [2.05, 4.69) is 10.2 Å². The summed E-state index contributed by atoms with van der Waals surface area (Å²) < 4.78 is 0. The second-order valence-electron chi connectivity index (χ2n) is 10.6. The van der Waals surface area contributed by atoms with Crippen molar-refractivity contribution in [3.63, 3.8) is 0 Å². The van der Waals surface area contributed by atoms with Crippen molar-refractivity contribution in [3.05, 3.63) is 11.6 Å². The number of nitrogens with zero attached hydrogens (tertiary/aromatic N) is 2. The maximum atomic E-state index is 13.6. The Kier molecular flexibility index (Phi) is 8.31. The predicted octanol–water partition coefficient (Wildman–Crippen LogP) is 3.05. The topological polar surface area (TPSA) is 90.0 Å². The molecule has 0 aromatic heterocycles. The summed E-state index contributed by atoms with van der Waals surface area (Å²) in [6.07, 6.45) is 6.92. The largest absolute Gasteiger partial charge is 0.478 e. The molecule has 1 aliphatic heterocycles. The van der Waals surface area contributed by atoms with Crippen molar-refractivity contribution in [1.29, 1.82) is 0 Å². The van der Waals surface area contributed by atoms with Gasteiger partial charge in [0, 0.05) is 18.7 Å². The average molecular weight is 436 g/mol. The highest BCUT2D eigenvalue weighted by Crippen LogP contribution is 2.33. The fourth-order valence-electron chi connectivity index (χ4n) is 4.40. The molecule has 2 fully saturated rings. The van der Waals surface area contributed by atoms with Gasteiger partial charge in [-0.15, -0.1) is 0 Å². The van der Waals surface area contributed by atoms with E-state index in [9.17, 15) is 19.5 Å². The molecule has 2 rings (SSSR count). The third-order valence-corrected chi connectivity index (χ3v) is 6.50. The SMILES string of the molecule is C/C(=C\[C@H](C(C)C)N(C)C(=O)[C@@H](NC(=O)C1CCCCN1C1CC1)C(C)(C)C)C(=O)O. The molecule has 0 aromatic rings. The zero-order valence-corrected chi connectivity index (χ0v) is 20.3. The van der Waals surface area contributed by atoms with Crippen LogP contribution in [0.5, 0.6) is 0 Å². The fourth-order valence-corrected chi connectivity index (χ4v) is 4.40. The first-order chi connectivity index (χ1) is 14.3. The lowest BCUT2D eigenvalue weighted by atomic mass is 9.84. The van der Waals surface area contributed by atoms with Gasteiger partial charge in [0.15, 0.2) is 0 Å². The highest BCUT2D eigenvalue weighted by Gasteiger charge is 2.42. The molecule has 0 spiro atoms. The monoisotopic (exact) mass is 435 g/mol. The van der Waals surface area contributed by atoms with Gasteiger partial charge in [0.1, 0.15) is 6.04 Å². The van der Waals surface area contributed by atoms with Crippen molar-refractivity contribution in [2.45, 2.75) is 97.8 Å². The van der Waals surface area contributed by atoms with Crippen molar-refractivity contribution < 1.29 is 19.5 Å². The Labute approximate surface area is 187 Å². The molecule has 1 saturated carbocycles. The third-order valence-electron chi connectivity index (χ3n) is 6.50. The minimum atomic E-state index is -0.996. The van der Waals surface area contributed by atoms with E-state index in [1.54, 1.807) is 18.0 Å². The van der Waals surface area contributed by atoms with E-state index in [1.165, 1.54) is 6.92 Å². The number of carbonyl (C=O) groups excluding carboxylic acids is 2. The van der Waals surface area contributed by atoms with Gasteiger partial charge in [-0.05, 0) is 50.5 Å². The summed E-state index contributed by atoms with van der Waals surface area (Å²) in [6.45, 7) is 12.3. The number of likely N-dealkylation sites (N-methyl/N-ethyl adjacent to an activating group) is 1. The number of likely N-dealkylation sites (tertiary alicyclic amines) is 1. The Hall–Kier alpha value is -1.89. The number of amides is 2. The molecule has 2 amide bonds. The summed E-state index contributed by atoms with van der Waals surface area (Å²) >= 11 is 0. The van der Waals surface area contributed by atoms with E-state index < -0.39 is 17.4 Å². The van der Waals surface area contributed by atoms with Crippen LogP contribution in [0.2, 0.25) is 0 Å². The fraction of sp³-hybridized carbons (Fsp3) is 0.792. The summed E-state index contributed by atoms with van der Waals surface area (Å²) in [4.78, 5) is 42.1. The van der Waals surface area contributed by atoms with Crippen LogP contribution in [0.3, 0.4) is 0 Å². The van der Waals surface area contributed by atoms with Gasteiger partial charge in [-0.25, -0.2) is 4.79 Å². The van der Waals surface area contributed by atoms with Crippen molar-refractivity contribution in [1.82, 2.24) is 15.1 Å². The van der Waals surface area contributed by atoms with Crippen molar-refractivity contribution >= 4 is 17.8 Å². The molecule has 7 nitrogen and oxygen atoms in total. The number of hydrogen-bond donors (Lipinski definition) is 2. The van der Waals surface area contributed by atoms with Gasteiger partial charge in [0.2, 0.25) is 11.8 Å². The van der Waals surface area contributed by atoms with Crippen molar-refractivity contribution in [2.24, 2.45) is 11.3 Å². The highest BCUT2D eigenvalue weighted by atomic mass is 16.4. The normalized spacial score (nSPS) is 22.7. The summed E-state index contributed by atoms with van der Waals surface area (Å²) in [5, 5.41) is 12.4. The van der Waals surface area contributed by atoms with Crippen LogP contribution >= 0.6 is 0 Å². The van der Waals surface area contributed by atoms with E-state index in [0.29, 0.717) is 6.04 Å². The summed E-state index contributed by atoms with van der Waals surface area (Å²) in [7, 11) is 1.70. The molecule has 2 N–H and O–H groups in total. The minimum Gasteiger partial charge on any atom is -0.478 e. The quantitative estimate of drug-likeness (QED) is 0.572. The van der Waals surface area contributed by atoms with Gasteiger partial charge in [-0.1, -0.05) is 47.1 Å². The molecule has 1 heterocycles. The molecule has 31 heavy (non-hydrogen) atoms. The maximum absolute atomic E-state index is 13.6. The first-order valence-corrected chi connectivity index (χ1v) is 11.6. The van der Waals surface area contributed by atoms with Crippen molar-refractivity contribution in [3.8, 4) is 0 Å². The second kappa shape index (κ2) is 10.2. The van der Waals surface area contributed by atoms with Crippen LogP contribution in [-0.4, -0.2) is 70.4 Å². The van der Waals surface area contributed by atoms with Gasteiger partial charge in [-0.3, -0.25) is 14.5 Å². The summed E-state index contributed by atoms with van der Waals surface area (Å²) in [6, 6.07) is -0.716. The van der Waals surface area contributed by atoms with Gasteiger partial charge >= 0.3 is 5.97 Å². The molecular weight excluding hydrogens is 394 g/mol. The second-order valence-corrected chi connectivity index (χ2v) is 10.6. The zero-order chi connectivity index (χ0) is 23.5. The van der Waals surface area contributed by atoms with Crippen molar-refractivity contribution in [2.75, 3.05) is 13.6 Å². The number of hydrogen-bond acceptors (Lipinski definition) is 4. The molecule has 2 aliphatic rings. The van der Waals surface area contributed by atoms with E-state index in [-0.39, 0.29) is 35.4 Å². The van der Waals surface area contributed by atoms with Crippen LogP contribution in [-0.2, 0) is 14.4 Å².